The quantitative estimate of drug-likeness (QED) is 0.728. The van der Waals surface area contributed by atoms with Crippen molar-refractivity contribution in [3.63, 3.8) is 0 Å². The summed E-state index contributed by atoms with van der Waals surface area (Å²) in [5, 5.41) is 7.84. The summed E-state index contributed by atoms with van der Waals surface area (Å²) in [6.45, 7) is 2.56. The number of aromatic nitrogens is 3. The molecule has 128 valence electrons. The van der Waals surface area contributed by atoms with E-state index < -0.39 is 0 Å². The van der Waals surface area contributed by atoms with E-state index in [-0.39, 0.29) is 11.9 Å². The van der Waals surface area contributed by atoms with Crippen LogP contribution in [0.25, 0.3) is 11.1 Å². The number of hydrogen-bond acceptors (Lipinski definition) is 6. The van der Waals surface area contributed by atoms with Crippen LogP contribution in [0, 0.1) is 6.92 Å². The first-order valence-corrected chi connectivity index (χ1v) is 8.71. The van der Waals surface area contributed by atoms with E-state index in [1.165, 1.54) is 0 Å². The van der Waals surface area contributed by atoms with Gasteiger partial charge < -0.3 is 9.32 Å². The molecular weight excluding hydrogens is 320 g/mol. The number of benzene rings is 1. The summed E-state index contributed by atoms with van der Waals surface area (Å²) in [4.78, 5) is 19.4. The molecule has 1 aromatic carbocycles. The molecule has 1 saturated heterocycles. The van der Waals surface area contributed by atoms with Crippen molar-refractivity contribution in [2.24, 2.45) is 0 Å². The van der Waals surface area contributed by atoms with Crippen LogP contribution in [0.3, 0.4) is 0 Å². The Balaban J connectivity index is 1.46. The number of amides is 1. The molecule has 5 rings (SSSR count). The van der Waals surface area contributed by atoms with Gasteiger partial charge in [0.15, 0.2) is 11.5 Å². The molecule has 1 atom stereocenters. The summed E-state index contributed by atoms with van der Waals surface area (Å²) in [6.07, 6.45) is 4.09. The number of nitrogens with zero attached hydrogens (tertiary/aromatic N) is 4. The molecule has 1 amide bonds. The minimum absolute atomic E-state index is 0.0174. The third-order valence-corrected chi connectivity index (χ3v) is 5.10. The van der Waals surface area contributed by atoms with Crippen LogP contribution in [-0.2, 0) is 0 Å². The Morgan fingerprint density at radius 1 is 1.24 bits per heavy atom. The lowest BCUT2D eigenvalue weighted by Gasteiger charge is -2.23. The lowest BCUT2D eigenvalue weighted by atomic mass is 10.1. The van der Waals surface area contributed by atoms with E-state index in [2.05, 4.69) is 15.3 Å². The number of aryl methyl sites for hydroxylation is 1. The third-order valence-electron chi connectivity index (χ3n) is 5.10. The number of carbonyl (C=O) groups is 1. The van der Waals surface area contributed by atoms with Gasteiger partial charge in [-0.15, -0.1) is 0 Å². The molecule has 0 spiro atoms. The maximum absolute atomic E-state index is 13.0. The van der Waals surface area contributed by atoms with Crippen molar-refractivity contribution in [1.29, 1.82) is 0 Å². The fourth-order valence-electron chi connectivity index (χ4n) is 3.58. The Hall–Kier alpha value is -2.70. The molecule has 0 radical (unpaired) electrons. The normalized spacial score (nSPS) is 20.5. The van der Waals surface area contributed by atoms with E-state index >= 15 is 0 Å². The smallest absolute Gasteiger partial charge is 0.254 e. The zero-order valence-electron chi connectivity index (χ0n) is 13.9. The van der Waals surface area contributed by atoms with Crippen molar-refractivity contribution >= 4 is 17.0 Å². The predicted octanol–water partition coefficient (Wildman–Crippen LogP) is 3.37. The van der Waals surface area contributed by atoms with Crippen LogP contribution in [0.5, 0.6) is 0 Å². The van der Waals surface area contributed by atoms with E-state index in [4.69, 9.17) is 9.05 Å². The molecule has 25 heavy (non-hydrogen) atoms. The fourth-order valence-corrected chi connectivity index (χ4v) is 3.58. The highest BCUT2D eigenvalue weighted by atomic mass is 16.6. The summed E-state index contributed by atoms with van der Waals surface area (Å²) in [5.41, 5.74) is 3.61. The van der Waals surface area contributed by atoms with Gasteiger partial charge in [-0.1, -0.05) is 10.3 Å². The summed E-state index contributed by atoms with van der Waals surface area (Å²) >= 11 is 0. The molecule has 2 fully saturated rings. The van der Waals surface area contributed by atoms with Gasteiger partial charge in [0.2, 0.25) is 0 Å². The second-order valence-corrected chi connectivity index (χ2v) is 6.90. The maximum atomic E-state index is 13.0. The Morgan fingerprint density at radius 3 is 2.88 bits per heavy atom. The Kier molecular flexibility index (Phi) is 3.16. The standard InChI is InChI=1S/C18H18N4O3/c1-10-16(21-25-20-10)14-3-2-8-22(14)18(23)12-6-7-13-15(9-12)24-17(19-13)11-4-5-11/h6-7,9,11,14H,2-5,8H2,1H3. The van der Waals surface area contributed by atoms with E-state index in [0.717, 1.165) is 48.5 Å². The molecule has 0 bridgehead atoms. The Bertz CT molecular complexity index is 956. The van der Waals surface area contributed by atoms with E-state index in [1.54, 1.807) is 6.07 Å². The lowest BCUT2D eigenvalue weighted by Crippen LogP contribution is -2.31. The summed E-state index contributed by atoms with van der Waals surface area (Å²) in [7, 11) is 0. The van der Waals surface area contributed by atoms with Gasteiger partial charge in [-0.25, -0.2) is 9.61 Å². The van der Waals surface area contributed by atoms with Gasteiger partial charge in [-0.3, -0.25) is 4.79 Å². The van der Waals surface area contributed by atoms with Crippen LogP contribution >= 0.6 is 0 Å². The Morgan fingerprint density at radius 2 is 2.12 bits per heavy atom. The predicted molar refractivity (Wildman–Crippen MR) is 88.0 cm³/mol. The first-order valence-electron chi connectivity index (χ1n) is 8.71. The molecule has 1 aliphatic carbocycles. The van der Waals surface area contributed by atoms with E-state index in [1.807, 2.05) is 24.0 Å². The van der Waals surface area contributed by atoms with Gasteiger partial charge in [0, 0.05) is 18.0 Å². The van der Waals surface area contributed by atoms with Gasteiger partial charge in [0.1, 0.15) is 16.9 Å². The molecule has 2 aromatic heterocycles. The monoisotopic (exact) mass is 338 g/mol. The second kappa shape index (κ2) is 5.40. The van der Waals surface area contributed by atoms with Crippen LogP contribution in [0.1, 0.15) is 65.3 Å². The lowest BCUT2D eigenvalue weighted by molar-refractivity contribution is 0.0730. The molecule has 7 nitrogen and oxygen atoms in total. The summed E-state index contributed by atoms with van der Waals surface area (Å²) < 4.78 is 10.7. The summed E-state index contributed by atoms with van der Waals surface area (Å²) in [6, 6.07) is 5.42. The van der Waals surface area contributed by atoms with Crippen molar-refractivity contribution in [2.75, 3.05) is 6.54 Å². The molecule has 3 heterocycles. The second-order valence-electron chi connectivity index (χ2n) is 6.90. The fraction of sp³-hybridized carbons (Fsp3) is 0.444. The van der Waals surface area contributed by atoms with Crippen molar-refractivity contribution in [3.05, 3.63) is 41.0 Å². The average molecular weight is 338 g/mol. The van der Waals surface area contributed by atoms with Crippen LogP contribution in [0.15, 0.2) is 27.2 Å². The van der Waals surface area contributed by atoms with Crippen LogP contribution in [-0.4, -0.2) is 32.6 Å². The van der Waals surface area contributed by atoms with Crippen molar-refractivity contribution in [3.8, 4) is 0 Å². The van der Waals surface area contributed by atoms with Gasteiger partial charge in [-0.2, -0.15) is 0 Å². The minimum Gasteiger partial charge on any atom is -0.440 e. The van der Waals surface area contributed by atoms with Gasteiger partial charge in [0.05, 0.1) is 6.04 Å². The topological polar surface area (TPSA) is 85.3 Å². The molecule has 1 saturated carbocycles. The highest BCUT2D eigenvalue weighted by Gasteiger charge is 2.34. The molecule has 7 heteroatoms. The van der Waals surface area contributed by atoms with Crippen molar-refractivity contribution < 1.29 is 13.8 Å². The van der Waals surface area contributed by atoms with Crippen molar-refractivity contribution in [2.45, 2.75) is 44.6 Å². The van der Waals surface area contributed by atoms with E-state index in [0.29, 0.717) is 23.6 Å². The molecule has 1 aliphatic heterocycles. The number of likely N-dealkylation sites (tertiary alicyclic amines) is 1. The van der Waals surface area contributed by atoms with Crippen LogP contribution in [0.2, 0.25) is 0 Å². The highest BCUT2D eigenvalue weighted by Crippen LogP contribution is 2.40. The number of hydrogen-bond donors (Lipinski definition) is 0. The molecule has 3 aromatic rings. The summed E-state index contributed by atoms with van der Waals surface area (Å²) in [5.74, 6) is 1.23. The first kappa shape index (κ1) is 14.6. The van der Waals surface area contributed by atoms with Crippen LogP contribution < -0.4 is 0 Å². The largest absolute Gasteiger partial charge is 0.440 e. The van der Waals surface area contributed by atoms with Gasteiger partial charge in [0.25, 0.3) is 5.91 Å². The van der Waals surface area contributed by atoms with E-state index in [9.17, 15) is 4.79 Å². The maximum Gasteiger partial charge on any atom is 0.254 e. The molecule has 2 aliphatic rings. The average Bonchev–Trinajstić information content (AvgIpc) is 3.03. The SMILES string of the molecule is Cc1nonc1C1CCCN1C(=O)c1ccc2nc(C3CC3)oc2c1. The first-order chi connectivity index (χ1) is 12.2. The van der Waals surface area contributed by atoms with Gasteiger partial charge in [-0.05, 0) is 50.8 Å². The molecule has 0 N–H and O–H groups in total. The highest BCUT2D eigenvalue weighted by molar-refractivity contribution is 5.97. The zero-order valence-corrected chi connectivity index (χ0v) is 13.9. The van der Waals surface area contributed by atoms with Crippen LogP contribution in [0.4, 0.5) is 0 Å². The number of oxazole rings is 1. The minimum atomic E-state index is -0.0776. The third kappa shape index (κ3) is 2.42. The zero-order chi connectivity index (χ0) is 17.0. The van der Waals surface area contributed by atoms with Gasteiger partial charge >= 0.3 is 0 Å². The molecular formula is C18H18N4O3. The number of carbonyl (C=O) groups excluding carboxylic acids is 1. The number of rotatable bonds is 3. The van der Waals surface area contributed by atoms with Crippen molar-refractivity contribution in [1.82, 2.24) is 20.2 Å². The Labute approximate surface area is 144 Å². The number of fused-ring (bicyclic) bond motifs is 1. The molecule has 1 unspecified atom stereocenters.